The van der Waals surface area contributed by atoms with E-state index >= 15 is 0 Å². The summed E-state index contributed by atoms with van der Waals surface area (Å²) in [7, 11) is 8.08. The van der Waals surface area contributed by atoms with Gasteiger partial charge in [-0.1, -0.05) is 12.1 Å². The number of amides is 2. The Labute approximate surface area is 210 Å². The molecule has 0 bridgehead atoms. The third kappa shape index (κ3) is 10.7. The third-order valence-corrected chi connectivity index (χ3v) is 5.78. The molecule has 0 saturated carbocycles. The number of carbonyl (C=O) groups excluding carboxylic acids is 2. The molecule has 0 spiro atoms. The van der Waals surface area contributed by atoms with Gasteiger partial charge in [0.05, 0.1) is 0 Å². The molecule has 0 aliphatic carbocycles. The molecule has 0 aliphatic rings. The molecule has 0 atom stereocenters. The third-order valence-electron chi connectivity index (χ3n) is 4.95. The van der Waals surface area contributed by atoms with E-state index in [4.69, 9.17) is 5.11 Å². The number of rotatable bonds is 7. The number of carbonyl (C=O) groups is 2. The van der Waals surface area contributed by atoms with Crippen LogP contribution in [-0.2, 0) is 12.8 Å². The summed E-state index contributed by atoms with van der Waals surface area (Å²) in [4.78, 5) is 26.6. The van der Waals surface area contributed by atoms with E-state index in [2.05, 4.69) is 31.9 Å². The Balaban J connectivity index is 0.000000578. The molecule has 2 rings (SSSR count). The minimum absolute atomic E-state index is 0.0514. The lowest BCUT2D eigenvalue weighted by molar-refractivity contribution is 0.0820. The number of aryl methyl sites for hydroxylation is 4. The number of nitrogens with zero attached hydrogens (tertiary/aromatic N) is 2. The van der Waals surface area contributed by atoms with Crippen molar-refractivity contribution in [3.05, 3.63) is 69.8 Å². The van der Waals surface area contributed by atoms with Crippen LogP contribution in [0.15, 0.2) is 36.4 Å². The highest BCUT2D eigenvalue weighted by Crippen LogP contribution is 2.15. The van der Waals surface area contributed by atoms with E-state index in [0.29, 0.717) is 0 Å². The van der Waals surface area contributed by atoms with Gasteiger partial charge in [0, 0.05) is 46.4 Å². The molecule has 0 saturated heterocycles. The first-order chi connectivity index (χ1) is 15.6. The number of benzene rings is 2. The van der Waals surface area contributed by atoms with Crippen molar-refractivity contribution >= 4 is 36.2 Å². The van der Waals surface area contributed by atoms with Crippen LogP contribution in [0.1, 0.15) is 43.0 Å². The standard InChI is InChI=1S/C13H19NOS.C12H17NOS.CH4O/c1-10-9-12(13(15)14(2)3)6-5-11(10)7-8-16-4;1-9-8-11(12(14)13(2)3)5-4-10(9)6-7-15;1-2/h5-6,9H,7-8H2,1-4H3;4-5,8,15H,6-7H2,1-3H3;2H,1H3. The fourth-order valence-electron chi connectivity index (χ4n) is 3.07. The normalized spacial score (nSPS) is 9.76. The number of hydrogen-bond donors (Lipinski definition) is 2. The van der Waals surface area contributed by atoms with Crippen molar-refractivity contribution in [2.45, 2.75) is 26.7 Å². The van der Waals surface area contributed by atoms with Gasteiger partial charge in [-0.15, -0.1) is 0 Å². The summed E-state index contributed by atoms with van der Waals surface area (Å²) in [6.45, 7) is 4.10. The van der Waals surface area contributed by atoms with Crippen molar-refractivity contribution in [1.82, 2.24) is 9.80 Å². The Morgan fingerprint density at radius 2 is 1.21 bits per heavy atom. The topological polar surface area (TPSA) is 60.9 Å². The average Bonchev–Trinajstić information content (AvgIpc) is 2.80. The smallest absolute Gasteiger partial charge is 0.253 e. The number of thioether (sulfide) groups is 1. The molecule has 2 aromatic rings. The van der Waals surface area contributed by atoms with Gasteiger partial charge < -0.3 is 14.9 Å². The van der Waals surface area contributed by atoms with Crippen LogP contribution in [-0.4, -0.2) is 79.8 Å². The van der Waals surface area contributed by atoms with E-state index in [1.807, 2.05) is 49.0 Å². The molecule has 7 heteroatoms. The van der Waals surface area contributed by atoms with Gasteiger partial charge in [0.25, 0.3) is 11.8 Å². The SMILES string of the molecule is CO.CSCCc1ccc(C(=O)N(C)C)cc1C.Cc1cc(C(=O)N(C)C)ccc1CCS. The zero-order valence-corrected chi connectivity index (χ0v) is 23.0. The number of hydrogen-bond acceptors (Lipinski definition) is 5. The van der Waals surface area contributed by atoms with Gasteiger partial charge >= 0.3 is 0 Å². The fourth-order valence-corrected chi connectivity index (χ4v) is 3.73. The number of thiol groups is 1. The molecular weight excluding hydrogens is 452 g/mol. The van der Waals surface area contributed by atoms with Crippen LogP contribution < -0.4 is 0 Å². The maximum atomic E-state index is 11.7. The lowest BCUT2D eigenvalue weighted by Gasteiger charge is -2.12. The highest BCUT2D eigenvalue weighted by atomic mass is 32.2. The van der Waals surface area contributed by atoms with Crippen LogP contribution in [0.2, 0.25) is 0 Å². The molecule has 0 fully saturated rings. The average molecular weight is 493 g/mol. The molecular formula is C26H40N2O3S2. The van der Waals surface area contributed by atoms with Crippen LogP contribution in [0.5, 0.6) is 0 Å². The minimum Gasteiger partial charge on any atom is -0.400 e. The summed E-state index contributed by atoms with van der Waals surface area (Å²) >= 11 is 6.05. The summed E-state index contributed by atoms with van der Waals surface area (Å²) in [6, 6.07) is 11.8. The monoisotopic (exact) mass is 492 g/mol. The number of aliphatic hydroxyl groups excluding tert-OH is 1. The molecule has 2 amide bonds. The highest BCUT2D eigenvalue weighted by molar-refractivity contribution is 7.98. The van der Waals surface area contributed by atoms with Crippen LogP contribution in [0.25, 0.3) is 0 Å². The minimum atomic E-state index is 0.0514. The maximum absolute atomic E-state index is 11.7. The Morgan fingerprint density at radius 1 is 0.818 bits per heavy atom. The molecule has 2 aromatic carbocycles. The van der Waals surface area contributed by atoms with E-state index in [0.717, 1.165) is 48.1 Å². The Bertz CT molecular complexity index is 884. The molecule has 0 radical (unpaired) electrons. The van der Waals surface area contributed by atoms with Crippen LogP contribution in [0, 0.1) is 13.8 Å². The highest BCUT2D eigenvalue weighted by Gasteiger charge is 2.10. The summed E-state index contributed by atoms with van der Waals surface area (Å²) < 4.78 is 0. The Morgan fingerprint density at radius 3 is 1.52 bits per heavy atom. The van der Waals surface area contributed by atoms with Crippen molar-refractivity contribution in [1.29, 1.82) is 0 Å². The van der Waals surface area contributed by atoms with Gasteiger partial charge in [-0.25, -0.2) is 0 Å². The Kier molecular flexibility index (Phi) is 15.6. The summed E-state index contributed by atoms with van der Waals surface area (Å²) in [6.07, 6.45) is 4.13. The lowest BCUT2D eigenvalue weighted by Crippen LogP contribution is -2.21. The Hall–Kier alpha value is -1.96. The van der Waals surface area contributed by atoms with Crippen LogP contribution in [0.3, 0.4) is 0 Å². The zero-order chi connectivity index (χ0) is 25.6. The molecule has 0 aromatic heterocycles. The van der Waals surface area contributed by atoms with E-state index < -0.39 is 0 Å². The first-order valence-corrected chi connectivity index (χ1v) is 12.8. The predicted molar refractivity (Wildman–Crippen MR) is 146 cm³/mol. The summed E-state index contributed by atoms with van der Waals surface area (Å²) in [5, 5.41) is 7.00. The van der Waals surface area contributed by atoms with Gasteiger partial charge in [-0.2, -0.15) is 24.4 Å². The first kappa shape index (κ1) is 31.0. The first-order valence-electron chi connectivity index (χ1n) is 10.8. The second-order valence-corrected chi connectivity index (χ2v) is 9.33. The largest absolute Gasteiger partial charge is 0.400 e. The maximum Gasteiger partial charge on any atom is 0.253 e. The summed E-state index contributed by atoms with van der Waals surface area (Å²) in [5.41, 5.74) is 6.50. The molecule has 0 heterocycles. The quantitative estimate of drug-likeness (QED) is 0.563. The van der Waals surface area contributed by atoms with E-state index in [-0.39, 0.29) is 11.8 Å². The van der Waals surface area contributed by atoms with Gasteiger partial charge in [0.2, 0.25) is 0 Å². The van der Waals surface area contributed by atoms with Gasteiger partial charge in [-0.05, 0) is 91.0 Å². The second-order valence-electron chi connectivity index (χ2n) is 7.90. The van der Waals surface area contributed by atoms with E-state index in [9.17, 15) is 9.59 Å². The molecule has 0 aliphatic heterocycles. The molecule has 184 valence electrons. The fraction of sp³-hybridized carbons (Fsp3) is 0.462. The summed E-state index contributed by atoms with van der Waals surface area (Å²) in [5.74, 6) is 2.08. The second kappa shape index (κ2) is 16.6. The van der Waals surface area contributed by atoms with Crippen LogP contribution >= 0.6 is 24.4 Å². The van der Waals surface area contributed by atoms with Crippen molar-refractivity contribution in [2.24, 2.45) is 0 Å². The molecule has 33 heavy (non-hydrogen) atoms. The number of aliphatic hydroxyl groups is 1. The lowest BCUT2D eigenvalue weighted by atomic mass is 10.0. The van der Waals surface area contributed by atoms with Crippen LogP contribution in [0.4, 0.5) is 0 Å². The van der Waals surface area contributed by atoms with E-state index in [1.54, 1.807) is 38.0 Å². The van der Waals surface area contributed by atoms with Crippen molar-refractivity contribution in [3.63, 3.8) is 0 Å². The molecule has 5 nitrogen and oxygen atoms in total. The zero-order valence-electron chi connectivity index (χ0n) is 21.3. The molecule has 1 N–H and O–H groups in total. The predicted octanol–water partition coefficient (Wildman–Crippen LogP) is 4.38. The van der Waals surface area contributed by atoms with Crippen molar-refractivity contribution in [2.75, 3.05) is 53.1 Å². The van der Waals surface area contributed by atoms with Crippen molar-refractivity contribution < 1.29 is 14.7 Å². The molecule has 0 unspecified atom stereocenters. The van der Waals surface area contributed by atoms with Crippen molar-refractivity contribution in [3.8, 4) is 0 Å². The van der Waals surface area contributed by atoms with E-state index in [1.165, 1.54) is 16.7 Å². The van der Waals surface area contributed by atoms with Gasteiger partial charge in [-0.3, -0.25) is 9.59 Å². The van der Waals surface area contributed by atoms with Gasteiger partial charge in [0.15, 0.2) is 0 Å². The van der Waals surface area contributed by atoms with Gasteiger partial charge in [0.1, 0.15) is 0 Å².